The summed E-state index contributed by atoms with van der Waals surface area (Å²) >= 11 is 0. The van der Waals surface area contributed by atoms with Crippen molar-refractivity contribution in [2.45, 2.75) is 316 Å². The van der Waals surface area contributed by atoms with Gasteiger partial charge in [0.15, 0.2) is 6.10 Å². The molecule has 0 rings (SSSR count). The normalized spacial score (nSPS) is 12.2. The maximum atomic E-state index is 12.8. The van der Waals surface area contributed by atoms with Crippen LogP contribution in [0.3, 0.4) is 0 Å². The molecule has 1 atom stereocenters. The summed E-state index contributed by atoms with van der Waals surface area (Å²) in [6.07, 6.45) is 65.6. The van der Waals surface area contributed by atoms with Gasteiger partial charge >= 0.3 is 17.9 Å². The Morgan fingerprint density at radius 3 is 0.879 bits per heavy atom. The van der Waals surface area contributed by atoms with E-state index in [0.29, 0.717) is 19.3 Å². The Bertz CT molecular complexity index is 1110. The molecule has 0 saturated carbocycles. The van der Waals surface area contributed by atoms with Crippen LogP contribution in [0.5, 0.6) is 0 Å². The fourth-order valence-corrected chi connectivity index (χ4v) is 8.49. The van der Waals surface area contributed by atoms with Gasteiger partial charge in [0.05, 0.1) is 0 Å². The van der Waals surface area contributed by atoms with Gasteiger partial charge in [-0.2, -0.15) is 0 Å². The molecule has 0 amide bonds. The lowest BCUT2D eigenvalue weighted by atomic mass is 10.0. The summed E-state index contributed by atoms with van der Waals surface area (Å²) in [4.78, 5) is 38.1. The van der Waals surface area contributed by atoms with Crippen molar-refractivity contribution in [2.24, 2.45) is 0 Å². The summed E-state index contributed by atoms with van der Waals surface area (Å²) in [5, 5.41) is 0. The average Bonchev–Trinajstić information content (AvgIpc) is 3.31. The molecule has 6 heteroatoms. The van der Waals surface area contributed by atoms with Crippen LogP contribution in [0.1, 0.15) is 310 Å². The minimum absolute atomic E-state index is 0.0757. The van der Waals surface area contributed by atoms with Gasteiger partial charge in [-0.25, -0.2) is 0 Å². The maximum Gasteiger partial charge on any atom is 0.306 e. The van der Waals surface area contributed by atoms with E-state index < -0.39 is 6.10 Å². The molecule has 386 valence electrons. The first-order valence-electron chi connectivity index (χ1n) is 29.0. The molecule has 66 heavy (non-hydrogen) atoms. The van der Waals surface area contributed by atoms with Crippen molar-refractivity contribution in [1.82, 2.24) is 0 Å². The summed E-state index contributed by atoms with van der Waals surface area (Å²) in [7, 11) is 0. The second kappa shape index (κ2) is 55.2. The Labute approximate surface area is 410 Å². The molecule has 0 aromatic heterocycles. The van der Waals surface area contributed by atoms with E-state index >= 15 is 0 Å². The summed E-state index contributed by atoms with van der Waals surface area (Å²) in [6, 6.07) is 0. The number of ether oxygens (including phenoxy) is 3. The maximum absolute atomic E-state index is 12.8. The van der Waals surface area contributed by atoms with Crippen LogP contribution in [0.2, 0.25) is 0 Å². The number of allylic oxidation sites excluding steroid dienone is 6. The van der Waals surface area contributed by atoms with Gasteiger partial charge in [0.25, 0.3) is 0 Å². The summed E-state index contributed by atoms with van der Waals surface area (Å²) in [5.74, 6) is -0.879. The second-order valence-corrected chi connectivity index (χ2v) is 19.6. The number of hydrogen-bond donors (Lipinski definition) is 0. The Kier molecular flexibility index (Phi) is 53.2. The molecule has 0 aromatic carbocycles. The highest BCUT2D eigenvalue weighted by Gasteiger charge is 2.19. The van der Waals surface area contributed by atoms with Crippen molar-refractivity contribution < 1.29 is 28.6 Å². The highest BCUT2D eigenvalue weighted by atomic mass is 16.6. The zero-order chi connectivity index (χ0) is 47.9. The summed E-state index contributed by atoms with van der Waals surface area (Å²) in [6.45, 7) is 6.63. The van der Waals surface area contributed by atoms with Crippen molar-refractivity contribution in [2.75, 3.05) is 13.2 Å². The number of carbonyl (C=O) groups excluding carboxylic acids is 3. The Balaban J connectivity index is 4.36. The quantitative estimate of drug-likeness (QED) is 0.0199. The molecule has 0 N–H and O–H groups in total. The number of unbranched alkanes of at least 4 members (excludes halogenated alkanes) is 37. The van der Waals surface area contributed by atoms with Crippen molar-refractivity contribution in [3.63, 3.8) is 0 Å². The van der Waals surface area contributed by atoms with E-state index in [1.807, 2.05) is 0 Å². The Morgan fingerprint density at radius 1 is 0.303 bits per heavy atom. The van der Waals surface area contributed by atoms with Crippen LogP contribution < -0.4 is 0 Å². The standard InChI is InChI=1S/C60H110O6/c1-4-7-10-13-16-19-22-25-28-30-33-35-38-41-44-47-50-53-59(62)65-56-57(55-64-58(61)52-49-46-43-40-37-34-31-27-24-21-18-15-12-9-6-3)66-60(63)54-51-48-45-42-39-36-32-29-26-23-20-17-14-11-8-5-2/h18,21,24,27,29,32,57H,4-17,19-20,22-23,25-26,28,30-31,33-56H2,1-3H3/b21-18-,27-24-,32-29-. The predicted octanol–water partition coefficient (Wildman–Crippen LogP) is 19.3. The molecule has 0 aliphatic rings. The molecule has 0 fully saturated rings. The van der Waals surface area contributed by atoms with E-state index in [2.05, 4.69) is 57.2 Å². The lowest BCUT2D eigenvalue weighted by molar-refractivity contribution is -0.167. The van der Waals surface area contributed by atoms with E-state index in [0.717, 1.165) is 70.6 Å². The minimum atomic E-state index is -0.778. The first-order chi connectivity index (χ1) is 32.5. The second-order valence-electron chi connectivity index (χ2n) is 19.6. The van der Waals surface area contributed by atoms with Gasteiger partial charge in [-0.05, 0) is 70.6 Å². The molecule has 0 aliphatic heterocycles. The van der Waals surface area contributed by atoms with Gasteiger partial charge in [-0.1, -0.05) is 256 Å². The van der Waals surface area contributed by atoms with Gasteiger partial charge in [-0.15, -0.1) is 0 Å². The van der Waals surface area contributed by atoms with E-state index in [1.165, 1.54) is 199 Å². The zero-order valence-corrected chi connectivity index (χ0v) is 44.2. The first-order valence-corrected chi connectivity index (χ1v) is 29.0. The lowest BCUT2D eigenvalue weighted by Crippen LogP contribution is -2.30. The molecule has 0 saturated heterocycles. The third-order valence-electron chi connectivity index (χ3n) is 12.9. The Hall–Kier alpha value is -2.37. The smallest absolute Gasteiger partial charge is 0.306 e. The molecule has 0 bridgehead atoms. The van der Waals surface area contributed by atoms with Crippen molar-refractivity contribution >= 4 is 17.9 Å². The minimum Gasteiger partial charge on any atom is -0.462 e. The topological polar surface area (TPSA) is 78.9 Å². The zero-order valence-electron chi connectivity index (χ0n) is 44.2. The number of hydrogen-bond acceptors (Lipinski definition) is 6. The van der Waals surface area contributed by atoms with Crippen LogP contribution in [0.25, 0.3) is 0 Å². The van der Waals surface area contributed by atoms with Crippen molar-refractivity contribution in [3.05, 3.63) is 36.5 Å². The molecule has 0 heterocycles. The van der Waals surface area contributed by atoms with Crippen LogP contribution in [-0.4, -0.2) is 37.2 Å². The third-order valence-corrected chi connectivity index (χ3v) is 12.9. The van der Waals surface area contributed by atoms with E-state index in [-0.39, 0.29) is 31.1 Å². The number of esters is 3. The molecule has 0 spiro atoms. The monoisotopic (exact) mass is 927 g/mol. The largest absolute Gasteiger partial charge is 0.462 e. The molecule has 0 aromatic rings. The summed E-state index contributed by atoms with van der Waals surface area (Å²) in [5.41, 5.74) is 0. The van der Waals surface area contributed by atoms with Gasteiger partial charge in [0.2, 0.25) is 0 Å². The van der Waals surface area contributed by atoms with E-state index in [9.17, 15) is 14.4 Å². The number of rotatable bonds is 53. The third kappa shape index (κ3) is 52.6. The molecular formula is C60H110O6. The fraction of sp³-hybridized carbons (Fsp3) is 0.850. The van der Waals surface area contributed by atoms with Crippen molar-refractivity contribution in [3.8, 4) is 0 Å². The van der Waals surface area contributed by atoms with Gasteiger partial charge in [0.1, 0.15) is 13.2 Å². The Morgan fingerprint density at radius 2 is 0.545 bits per heavy atom. The van der Waals surface area contributed by atoms with Crippen molar-refractivity contribution in [1.29, 1.82) is 0 Å². The highest BCUT2D eigenvalue weighted by molar-refractivity contribution is 5.71. The number of carbonyl (C=O) groups is 3. The van der Waals surface area contributed by atoms with Gasteiger partial charge < -0.3 is 14.2 Å². The fourth-order valence-electron chi connectivity index (χ4n) is 8.49. The van der Waals surface area contributed by atoms with Crippen LogP contribution >= 0.6 is 0 Å². The van der Waals surface area contributed by atoms with Gasteiger partial charge in [0, 0.05) is 19.3 Å². The average molecular weight is 928 g/mol. The predicted molar refractivity (Wildman–Crippen MR) is 284 cm³/mol. The molecule has 0 radical (unpaired) electrons. The van der Waals surface area contributed by atoms with Crippen LogP contribution in [0.15, 0.2) is 36.5 Å². The van der Waals surface area contributed by atoms with Crippen LogP contribution in [0, 0.1) is 0 Å². The lowest BCUT2D eigenvalue weighted by Gasteiger charge is -2.18. The van der Waals surface area contributed by atoms with Gasteiger partial charge in [-0.3, -0.25) is 14.4 Å². The molecule has 1 unspecified atom stereocenters. The van der Waals surface area contributed by atoms with E-state index in [4.69, 9.17) is 14.2 Å². The summed E-state index contributed by atoms with van der Waals surface area (Å²) < 4.78 is 16.9. The SMILES string of the molecule is CCCCC/C=C\C=C/CCCCCCCCC(=O)OCC(COC(=O)CCCCCCCCCCCCCCCCCCC)OC(=O)CCCCCCC/C=C\CCCCCCCCC. The molecular weight excluding hydrogens is 817 g/mol. The molecule has 0 aliphatic carbocycles. The highest BCUT2D eigenvalue weighted by Crippen LogP contribution is 2.16. The first kappa shape index (κ1) is 63.6. The molecule has 6 nitrogen and oxygen atoms in total. The van der Waals surface area contributed by atoms with Crippen LogP contribution in [0.4, 0.5) is 0 Å². The van der Waals surface area contributed by atoms with E-state index in [1.54, 1.807) is 0 Å². The van der Waals surface area contributed by atoms with Crippen LogP contribution in [-0.2, 0) is 28.6 Å².